The van der Waals surface area contributed by atoms with Crippen LogP contribution in [0.4, 0.5) is 5.69 Å². The minimum Gasteiger partial charge on any atom is -0.324 e. The van der Waals surface area contributed by atoms with Crippen LogP contribution >= 0.6 is 0 Å². The van der Waals surface area contributed by atoms with E-state index in [0.717, 1.165) is 28.2 Å². The van der Waals surface area contributed by atoms with E-state index in [9.17, 15) is 4.79 Å². The van der Waals surface area contributed by atoms with Gasteiger partial charge >= 0.3 is 0 Å². The Labute approximate surface area is 77.2 Å². The highest BCUT2D eigenvalue weighted by atomic mass is 16.1. The topological polar surface area (TPSA) is 42.0 Å². The van der Waals surface area contributed by atoms with Gasteiger partial charge in [-0.25, -0.2) is 0 Å². The number of nitrogens with zero attached hydrogens (tertiary/aromatic N) is 1. The molecule has 1 aromatic heterocycles. The number of hydrogen-bond donors (Lipinski definition) is 1. The second-order valence-electron chi connectivity index (χ2n) is 3.49. The third-order valence-electron chi connectivity index (χ3n) is 2.60. The summed E-state index contributed by atoms with van der Waals surface area (Å²) in [6.45, 7) is 5.92. The largest absolute Gasteiger partial charge is 0.324 e. The maximum absolute atomic E-state index is 11.2. The minimum absolute atomic E-state index is 0.0774. The molecular formula is C10H12N2O. The Kier molecular flexibility index (Phi) is 1.62. The number of aromatic nitrogens is 1. The molecule has 2 heterocycles. The predicted octanol–water partition coefficient (Wildman–Crippen LogP) is 1.50. The van der Waals surface area contributed by atoms with Crippen LogP contribution in [0, 0.1) is 20.8 Å². The van der Waals surface area contributed by atoms with Gasteiger partial charge in [0, 0.05) is 5.69 Å². The molecule has 1 aromatic rings. The molecule has 0 atom stereocenters. The molecule has 1 aliphatic heterocycles. The zero-order valence-electron chi connectivity index (χ0n) is 8.06. The molecule has 1 aliphatic rings. The quantitative estimate of drug-likeness (QED) is 0.651. The van der Waals surface area contributed by atoms with Crippen molar-refractivity contribution in [2.24, 2.45) is 0 Å². The molecule has 0 radical (unpaired) electrons. The first-order valence-corrected chi connectivity index (χ1v) is 4.36. The molecule has 0 aromatic carbocycles. The number of aryl methyl sites for hydroxylation is 2. The maximum Gasteiger partial charge on any atom is 0.228 e. The molecule has 0 aliphatic carbocycles. The Balaban J connectivity index is 2.69. The molecule has 3 heteroatoms. The average molecular weight is 176 g/mol. The molecule has 68 valence electrons. The molecule has 0 fully saturated rings. The van der Waals surface area contributed by atoms with Gasteiger partial charge in [-0.15, -0.1) is 0 Å². The lowest BCUT2D eigenvalue weighted by molar-refractivity contribution is -0.115. The van der Waals surface area contributed by atoms with Gasteiger partial charge in [-0.2, -0.15) is 0 Å². The van der Waals surface area contributed by atoms with Gasteiger partial charge in [0.1, 0.15) is 0 Å². The summed E-state index contributed by atoms with van der Waals surface area (Å²) in [5.41, 5.74) is 5.12. The Morgan fingerprint density at radius 2 is 1.92 bits per heavy atom. The van der Waals surface area contributed by atoms with Crippen LogP contribution in [0.15, 0.2) is 0 Å². The van der Waals surface area contributed by atoms with Crippen molar-refractivity contribution >= 4 is 11.6 Å². The number of amides is 1. The van der Waals surface area contributed by atoms with E-state index in [1.54, 1.807) is 0 Å². The van der Waals surface area contributed by atoms with E-state index in [0.29, 0.717) is 6.42 Å². The summed E-state index contributed by atoms with van der Waals surface area (Å²) in [6.07, 6.45) is 0.505. The van der Waals surface area contributed by atoms with Gasteiger partial charge in [-0.1, -0.05) is 0 Å². The number of carbonyl (C=O) groups excluding carboxylic acids is 1. The van der Waals surface area contributed by atoms with Gasteiger partial charge in [0.2, 0.25) is 5.91 Å². The highest BCUT2D eigenvalue weighted by Crippen LogP contribution is 2.29. The van der Waals surface area contributed by atoms with Crippen molar-refractivity contribution in [2.75, 3.05) is 5.32 Å². The van der Waals surface area contributed by atoms with Crippen LogP contribution in [0.1, 0.15) is 22.5 Å². The highest BCUT2D eigenvalue weighted by molar-refractivity contribution is 6.00. The highest BCUT2D eigenvalue weighted by Gasteiger charge is 2.22. The van der Waals surface area contributed by atoms with Crippen LogP contribution in [0.25, 0.3) is 0 Å². The van der Waals surface area contributed by atoms with Crippen LogP contribution in [-0.4, -0.2) is 10.9 Å². The van der Waals surface area contributed by atoms with Crippen molar-refractivity contribution in [3.63, 3.8) is 0 Å². The van der Waals surface area contributed by atoms with E-state index in [4.69, 9.17) is 0 Å². The fraction of sp³-hybridized carbons (Fsp3) is 0.400. The second-order valence-corrected chi connectivity index (χ2v) is 3.49. The van der Waals surface area contributed by atoms with Gasteiger partial charge in [0.05, 0.1) is 17.8 Å². The molecule has 0 saturated carbocycles. The minimum atomic E-state index is 0.0774. The SMILES string of the molecule is Cc1nc(C)c2c(c1C)CC(=O)N2. The standard InChI is InChI=1S/C10H12N2O/c1-5-6(2)11-7(3)10-8(5)4-9(13)12-10/h4H2,1-3H3,(H,12,13). The first-order valence-electron chi connectivity index (χ1n) is 4.36. The van der Waals surface area contributed by atoms with Crippen LogP contribution in [0.5, 0.6) is 0 Å². The van der Waals surface area contributed by atoms with E-state index >= 15 is 0 Å². The Morgan fingerprint density at radius 1 is 1.23 bits per heavy atom. The van der Waals surface area contributed by atoms with Gasteiger partial charge in [-0.3, -0.25) is 9.78 Å². The molecule has 0 spiro atoms. The van der Waals surface area contributed by atoms with Crippen LogP contribution in [0.3, 0.4) is 0 Å². The monoisotopic (exact) mass is 176 g/mol. The van der Waals surface area contributed by atoms with Crippen LogP contribution < -0.4 is 5.32 Å². The van der Waals surface area contributed by atoms with Crippen LogP contribution in [-0.2, 0) is 11.2 Å². The summed E-state index contributed by atoms with van der Waals surface area (Å²) >= 11 is 0. The molecule has 1 amide bonds. The Morgan fingerprint density at radius 3 is 2.62 bits per heavy atom. The van der Waals surface area contributed by atoms with E-state index in [2.05, 4.69) is 10.3 Å². The number of fused-ring (bicyclic) bond motifs is 1. The lowest BCUT2D eigenvalue weighted by Crippen LogP contribution is -2.04. The van der Waals surface area contributed by atoms with Crippen molar-refractivity contribution in [2.45, 2.75) is 27.2 Å². The second kappa shape index (κ2) is 2.55. The molecular weight excluding hydrogens is 164 g/mol. The number of carbonyl (C=O) groups is 1. The van der Waals surface area contributed by atoms with E-state index in [1.807, 2.05) is 20.8 Å². The molecule has 1 N–H and O–H groups in total. The van der Waals surface area contributed by atoms with Crippen molar-refractivity contribution in [3.8, 4) is 0 Å². The van der Waals surface area contributed by atoms with Gasteiger partial charge in [0.25, 0.3) is 0 Å². The van der Waals surface area contributed by atoms with E-state index < -0.39 is 0 Å². The third kappa shape index (κ3) is 1.11. The fourth-order valence-corrected chi connectivity index (χ4v) is 1.75. The van der Waals surface area contributed by atoms with Crippen molar-refractivity contribution in [1.29, 1.82) is 0 Å². The molecule has 0 bridgehead atoms. The number of pyridine rings is 1. The van der Waals surface area contributed by atoms with Crippen molar-refractivity contribution in [3.05, 3.63) is 22.5 Å². The number of hydrogen-bond acceptors (Lipinski definition) is 2. The Bertz CT molecular complexity index is 396. The van der Waals surface area contributed by atoms with Crippen molar-refractivity contribution < 1.29 is 4.79 Å². The third-order valence-corrected chi connectivity index (χ3v) is 2.60. The number of nitrogens with one attached hydrogen (secondary N) is 1. The smallest absolute Gasteiger partial charge is 0.228 e. The van der Waals surface area contributed by atoms with Gasteiger partial charge in [-0.05, 0) is 31.9 Å². The van der Waals surface area contributed by atoms with Gasteiger partial charge < -0.3 is 5.32 Å². The summed E-state index contributed by atoms with van der Waals surface area (Å²) in [4.78, 5) is 15.5. The summed E-state index contributed by atoms with van der Waals surface area (Å²) in [6, 6.07) is 0. The number of rotatable bonds is 0. The van der Waals surface area contributed by atoms with Gasteiger partial charge in [0.15, 0.2) is 0 Å². The average Bonchev–Trinajstić information content (AvgIpc) is 2.44. The molecule has 0 saturated heterocycles. The molecule has 0 unspecified atom stereocenters. The summed E-state index contributed by atoms with van der Waals surface area (Å²) in [7, 11) is 0. The zero-order valence-corrected chi connectivity index (χ0v) is 8.06. The van der Waals surface area contributed by atoms with E-state index in [-0.39, 0.29) is 5.91 Å². The normalized spacial score (nSPS) is 14.2. The summed E-state index contributed by atoms with van der Waals surface area (Å²) in [5.74, 6) is 0.0774. The first kappa shape index (κ1) is 8.23. The molecule has 13 heavy (non-hydrogen) atoms. The lowest BCUT2D eigenvalue weighted by atomic mass is 10.0. The molecule has 2 rings (SSSR count). The zero-order chi connectivity index (χ0) is 9.59. The predicted molar refractivity (Wildman–Crippen MR) is 50.8 cm³/mol. The lowest BCUT2D eigenvalue weighted by Gasteiger charge is -2.08. The van der Waals surface area contributed by atoms with Crippen molar-refractivity contribution in [1.82, 2.24) is 4.98 Å². The first-order chi connectivity index (χ1) is 6.09. The molecule has 3 nitrogen and oxygen atoms in total. The summed E-state index contributed by atoms with van der Waals surface area (Å²) in [5, 5.41) is 2.83. The Hall–Kier alpha value is -1.38. The maximum atomic E-state index is 11.2. The summed E-state index contributed by atoms with van der Waals surface area (Å²) < 4.78 is 0. The fourth-order valence-electron chi connectivity index (χ4n) is 1.75. The number of anilines is 1. The van der Waals surface area contributed by atoms with E-state index in [1.165, 1.54) is 0 Å². The van der Waals surface area contributed by atoms with Crippen LogP contribution in [0.2, 0.25) is 0 Å².